The maximum absolute atomic E-state index is 11.9. The van der Waals surface area contributed by atoms with Gasteiger partial charge in [-0.05, 0) is 27.7 Å². The van der Waals surface area contributed by atoms with Crippen LogP contribution in [0.15, 0.2) is 0 Å². The summed E-state index contributed by atoms with van der Waals surface area (Å²) in [7, 11) is 1.61. The number of nitrogens with zero attached hydrogens (tertiary/aromatic N) is 2. The van der Waals surface area contributed by atoms with E-state index in [-0.39, 0.29) is 12.0 Å². The van der Waals surface area contributed by atoms with Crippen LogP contribution >= 0.6 is 0 Å². The van der Waals surface area contributed by atoms with Gasteiger partial charge in [0.1, 0.15) is 11.6 Å². The van der Waals surface area contributed by atoms with Crippen molar-refractivity contribution in [2.24, 2.45) is 0 Å². The molecular weight excluding hydrogens is 232 g/mol. The summed E-state index contributed by atoms with van der Waals surface area (Å²) in [5, 5.41) is 8.62. The summed E-state index contributed by atoms with van der Waals surface area (Å²) in [6.45, 7) is 8.99. The normalized spacial score (nSPS) is 13.2. The molecule has 5 heteroatoms. The highest BCUT2D eigenvalue weighted by Crippen LogP contribution is 2.11. The van der Waals surface area contributed by atoms with Crippen molar-refractivity contribution in [3.8, 4) is 6.07 Å². The van der Waals surface area contributed by atoms with Gasteiger partial charge in [0.2, 0.25) is 0 Å². The van der Waals surface area contributed by atoms with Crippen LogP contribution in [0.25, 0.3) is 0 Å². The fraction of sp³-hybridized carbons (Fsp3) is 0.846. The molecule has 0 radical (unpaired) electrons. The summed E-state index contributed by atoms with van der Waals surface area (Å²) in [6.07, 6.45) is 0.386. The average Bonchev–Trinajstić information content (AvgIpc) is 2.26. The van der Waals surface area contributed by atoms with Gasteiger partial charge in [0, 0.05) is 26.6 Å². The number of hydrogen-bond acceptors (Lipinski definition) is 5. The molecule has 0 N–H and O–H groups in total. The van der Waals surface area contributed by atoms with E-state index in [0.717, 1.165) is 0 Å². The van der Waals surface area contributed by atoms with Gasteiger partial charge in [-0.1, -0.05) is 0 Å². The van der Waals surface area contributed by atoms with E-state index < -0.39 is 5.60 Å². The molecule has 0 aromatic heterocycles. The first-order chi connectivity index (χ1) is 8.31. The van der Waals surface area contributed by atoms with E-state index in [9.17, 15) is 4.79 Å². The Morgan fingerprint density at radius 1 is 1.39 bits per heavy atom. The maximum atomic E-state index is 11.9. The van der Waals surface area contributed by atoms with Crippen molar-refractivity contribution >= 4 is 5.97 Å². The van der Waals surface area contributed by atoms with E-state index in [2.05, 4.69) is 6.07 Å². The van der Waals surface area contributed by atoms with Crippen molar-refractivity contribution in [2.45, 2.75) is 45.8 Å². The molecule has 0 spiro atoms. The van der Waals surface area contributed by atoms with E-state index in [1.54, 1.807) is 14.0 Å². The summed E-state index contributed by atoms with van der Waals surface area (Å²) in [4.78, 5) is 13.8. The Hall–Kier alpha value is -1.12. The molecule has 5 nitrogen and oxygen atoms in total. The van der Waals surface area contributed by atoms with Gasteiger partial charge in [-0.2, -0.15) is 5.26 Å². The first-order valence-electron chi connectivity index (χ1n) is 6.14. The molecule has 0 bridgehead atoms. The fourth-order valence-corrected chi connectivity index (χ4v) is 1.44. The van der Waals surface area contributed by atoms with E-state index in [1.807, 2.05) is 25.7 Å². The molecule has 0 aromatic carbocycles. The summed E-state index contributed by atoms with van der Waals surface area (Å²) in [5.74, 6) is -0.267. The Bertz CT molecular complexity index is 292. The number of esters is 1. The predicted molar refractivity (Wildman–Crippen MR) is 69.0 cm³/mol. The minimum Gasteiger partial charge on any atom is -0.459 e. The van der Waals surface area contributed by atoms with Crippen molar-refractivity contribution in [2.75, 3.05) is 26.8 Å². The Labute approximate surface area is 110 Å². The second-order valence-corrected chi connectivity index (χ2v) is 5.15. The zero-order valence-electron chi connectivity index (χ0n) is 12.0. The van der Waals surface area contributed by atoms with Crippen LogP contribution in [0.3, 0.4) is 0 Å². The van der Waals surface area contributed by atoms with Crippen LogP contribution in [0.1, 0.15) is 34.1 Å². The first-order valence-corrected chi connectivity index (χ1v) is 6.14. The van der Waals surface area contributed by atoms with E-state index in [1.165, 1.54) is 0 Å². The highest BCUT2D eigenvalue weighted by atomic mass is 16.6. The molecule has 1 atom stereocenters. The number of rotatable bonds is 7. The largest absolute Gasteiger partial charge is 0.459 e. The summed E-state index contributed by atoms with van der Waals surface area (Å²) in [5.41, 5.74) is -0.493. The molecule has 0 aromatic rings. The zero-order chi connectivity index (χ0) is 14.2. The zero-order valence-corrected chi connectivity index (χ0v) is 12.0. The molecule has 104 valence electrons. The van der Waals surface area contributed by atoms with Crippen molar-refractivity contribution in [3.63, 3.8) is 0 Å². The SMILES string of the molecule is COCCN(CCC#N)C(C)C(=O)OC(C)(C)C. The topological polar surface area (TPSA) is 62.6 Å². The van der Waals surface area contributed by atoms with Crippen LogP contribution in [-0.2, 0) is 14.3 Å². The molecule has 1 unspecified atom stereocenters. The van der Waals surface area contributed by atoms with Gasteiger partial charge in [-0.25, -0.2) is 0 Å². The summed E-state index contributed by atoms with van der Waals surface area (Å²) in [6, 6.07) is 1.71. The van der Waals surface area contributed by atoms with Crippen molar-refractivity contribution in [1.29, 1.82) is 5.26 Å². The molecule has 0 saturated heterocycles. The number of carbonyl (C=O) groups is 1. The fourth-order valence-electron chi connectivity index (χ4n) is 1.44. The minimum absolute atomic E-state index is 0.267. The lowest BCUT2D eigenvalue weighted by Gasteiger charge is -2.29. The molecule has 18 heavy (non-hydrogen) atoms. The lowest BCUT2D eigenvalue weighted by Crippen LogP contribution is -2.44. The monoisotopic (exact) mass is 256 g/mol. The number of methoxy groups -OCH3 is 1. The number of carbonyl (C=O) groups excluding carboxylic acids is 1. The molecule has 0 saturated carbocycles. The van der Waals surface area contributed by atoms with E-state index in [4.69, 9.17) is 14.7 Å². The Morgan fingerprint density at radius 2 is 2.00 bits per heavy atom. The summed E-state index contributed by atoms with van der Waals surface area (Å²) >= 11 is 0. The summed E-state index contributed by atoms with van der Waals surface area (Å²) < 4.78 is 10.3. The average molecular weight is 256 g/mol. The Kier molecular flexibility index (Phi) is 7.56. The van der Waals surface area contributed by atoms with Gasteiger partial charge in [0.15, 0.2) is 0 Å². The molecule has 0 fully saturated rings. The molecule has 0 aliphatic rings. The molecule has 0 aliphatic heterocycles. The van der Waals surface area contributed by atoms with Crippen LogP contribution in [-0.4, -0.2) is 49.3 Å². The van der Waals surface area contributed by atoms with E-state index in [0.29, 0.717) is 26.1 Å². The second-order valence-electron chi connectivity index (χ2n) is 5.15. The second kappa shape index (κ2) is 8.06. The van der Waals surface area contributed by atoms with Gasteiger partial charge >= 0.3 is 5.97 Å². The third kappa shape index (κ3) is 7.25. The Balaban J connectivity index is 4.47. The number of ether oxygens (including phenoxy) is 2. The van der Waals surface area contributed by atoms with Crippen LogP contribution in [0.4, 0.5) is 0 Å². The third-order valence-electron chi connectivity index (χ3n) is 2.39. The maximum Gasteiger partial charge on any atom is 0.323 e. The third-order valence-corrected chi connectivity index (χ3v) is 2.39. The molecular formula is C13H24N2O3. The van der Waals surface area contributed by atoms with Crippen LogP contribution < -0.4 is 0 Å². The lowest BCUT2D eigenvalue weighted by atomic mass is 10.2. The first kappa shape index (κ1) is 16.9. The smallest absolute Gasteiger partial charge is 0.323 e. The standard InChI is InChI=1S/C13H24N2O3/c1-11(12(16)18-13(2,3)4)15(8-6-7-14)9-10-17-5/h11H,6,8-10H2,1-5H3. The lowest BCUT2D eigenvalue weighted by molar-refractivity contribution is -0.161. The molecule has 0 amide bonds. The molecule has 0 heterocycles. The van der Waals surface area contributed by atoms with Gasteiger partial charge in [0.05, 0.1) is 12.7 Å². The number of hydrogen-bond donors (Lipinski definition) is 0. The predicted octanol–water partition coefficient (Wildman–Crippen LogP) is 1.58. The van der Waals surface area contributed by atoms with Gasteiger partial charge in [-0.15, -0.1) is 0 Å². The minimum atomic E-state index is -0.493. The number of nitriles is 1. The van der Waals surface area contributed by atoms with Gasteiger partial charge in [-0.3, -0.25) is 9.69 Å². The van der Waals surface area contributed by atoms with Crippen molar-refractivity contribution < 1.29 is 14.3 Å². The quantitative estimate of drug-likeness (QED) is 0.647. The van der Waals surface area contributed by atoms with Crippen LogP contribution in [0.5, 0.6) is 0 Å². The highest BCUT2D eigenvalue weighted by Gasteiger charge is 2.26. The van der Waals surface area contributed by atoms with Gasteiger partial charge < -0.3 is 9.47 Å². The van der Waals surface area contributed by atoms with Crippen molar-refractivity contribution in [1.82, 2.24) is 4.90 Å². The Morgan fingerprint density at radius 3 is 2.44 bits per heavy atom. The van der Waals surface area contributed by atoms with E-state index >= 15 is 0 Å². The van der Waals surface area contributed by atoms with Crippen molar-refractivity contribution in [3.05, 3.63) is 0 Å². The van der Waals surface area contributed by atoms with Crippen LogP contribution in [0, 0.1) is 11.3 Å². The van der Waals surface area contributed by atoms with Gasteiger partial charge in [0.25, 0.3) is 0 Å². The highest BCUT2D eigenvalue weighted by molar-refractivity contribution is 5.75. The molecule has 0 rings (SSSR count). The molecule has 0 aliphatic carbocycles. The van der Waals surface area contributed by atoms with Crippen LogP contribution in [0.2, 0.25) is 0 Å².